The Bertz CT molecular complexity index is 880. The number of benzene rings is 2. The average molecular weight is 405 g/mol. The van der Waals surface area contributed by atoms with Crippen molar-refractivity contribution in [3.63, 3.8) is 0 Å². The highest BCUT2D eigenvalue weighted by molar-refractivity contribution is 5.94. The fourth-order valence-electron chi connectivity index (χ4n) is 3.97. The fraction of sp³-hybridized carbons (Fsp3) is 0.381. The summed E-state index contributed by atoms with van der Waals surface area (Å²) in [6.45, 7) is 4.38. The molecule has 154 valence electrons. The summed E-state index contributed by atoms with van der Waals surface area (Å²) in [5.41, 5.74) is 0.452. The van der Waals surface area contributed by atoms with Crippen molar-refractivity contribution in [1.82, 2.24) is 5.32 Å². The first kappa shape index (κ1) is 19.6. The zero-order valence-corrected chi connectivity index (χ0v) is 16.3. The van der Waals surface area contributed by atoms with Gasteiger partial charge in [-0.25, -0.2) is 8.78 Å². The number of amides is 1. The summed E-state index contributed by atoms with van der Waals surface area (Å²) in [5, 5.41) is 2.74. The Morgan fingerprint density at radius 1 is 1.07 bits per heavy atom. The molecule has 0 bridgehead atoms. The van der Waals surface area contributed by atoms with Crippen molar-refractivity contribution >= 4 is 5.91 Å². The lowest BCUT2D eigenvalue weighted by atomic mass is 10.0. The Balaban J connectivity index is 1.55. The minimum atomic E-state index is -0.863. The first-order chi connectivity index (χ1) is 14.0. The van der Waals surface area contributed by atoms with Gasteiger partial charge in [0.05, 0.1) is 13.6 Å². The van der Waals surface area contributed by atoms with E-state index in [0.717, 1.165) is 43.9 Å². The maximum Gasteiger partial charge on any atom is 0.257 e. The van der Waals surface area contributed by atoms with E-state index < -0.39 is 23.1 Å². The number of hydrogen-bond donors (Lipinski definition) is 3. The fourth-order valence-corrected chi connectivity index (χ4v) is 3.97. The Hall–Kier alpha value is -2.71. The molecule has 0 saturated carbocycles. The summed E-state index contributed by atoms with van der Waals surface area (Å²) in [5.74, 6) is -1.10. The second-order valence-electron chi connectivity index (χ2n) is 7.59. The lowest BCUT2D eigenvalue weighted by molar-refractivity contribution is -1.02. The van der Waals surface area contributed by atoms with Crippen LogP contribution in [0.2, 0.25) is 0 Å². The van der Waals surface area contributed by atoms with E-state index in [9.17, 15) is 13.6 Å². The van der Waals surface area contributed by atoms with E-state index >= 15 is 0 Å². The summed E-state index contributed by atoms with van der Waals surface area (Å²) in [6, 6.07) is 9.12. The number of nitrogens with one attached hydrogen (secondary N) is 3. The van der Waals surface area contributed by atoms with Gasteiger partial charge < -0.3 is 24.6 Å². The van der Waals surface area contributed by atoms with Crippen molar-refractivity contribution in [2.45, 2.75) is 6.04 Å². The predicted molar refractivity (Wildman–Crippen MR) is 101 cm³/mol. The van der Waals surface area contributed by atoms with Gasteiger partial charge >= 0.3 is 0 Å². The Labute approximate surface area is 168 Å². The lowest BCUT2D eigenvalue weighted by Gasteiger charge is -2.33. The van der Waals surface area contributed by atoms with Gasteiger partial charge in [0, 0.05) is 5.56 Å². The second kappa shape index (κ2) is 8.34. The molecule has 0 radical (unpaired) electrons. The van der Waals surface area contributed by atoms with Gasteiger partial charge in [-0.05, 0) is 30.3 Å². The smallest absolute Gasteiger partial charge is 0.257 e. The van der Waals surface area contributed by atoms with Gasteiger partial charge in [0.2, 0.25) is 6.79 Å². The number of piperazine rings is 1. The number of hydrogen-bond acceptors (Lipinski definition) is 3. The molecule has 0 unspecified atom stereocenters. The molecule has 1 atom stereocenters. The Morgan fingerprint density at radius 2 is 1.76 bits per heavy atom. The van der Waals surface area contributed by atoms with Crippen LogP contribution in [0.3, 0.4) is 0 Å². The summed E-state index contributed by atoms with van der Waals surface area (Å²) >= 11 is 0. The maximum absolute atomic E-state index is 14.0. The maximum atomic E-state index is 14.0. The second-order valence-corrected chi connectivity index (χ2v) is 7.59. The van der Waals surface area contributed by atoms with Crippen molar-refractivity contribution in [1.29, 1.82) is 0 Å². The highest BCUT2D eigenvalue weighted by atomic mass is 19.1. The first-order valence-electron chi connectivity index (χ1n) is 9.80. The van der Waals surface area contributed by atoms with Gasteiger partial charge in [0.15, 0.2) is 11.5 Å². The third kappa shape index (κ3) is 4.18. The molecule has 2 heterocycles. The summed E-state index contributed by atoms with van der Waals surface area (Å²) < 4.78 is 38.8. The van der Waals surface area contributed by atoms with Gasteiger partial charge in [-0.1, -0.05) is 6.07 Å². The monoisotopic (exact) mass is 405 g/mol. The van der Waals surface area contributed by atoms with Crippen molar-refractivity contribution in [2.24, 2.45) is 0 Å². The lowest BCUT2D eigenvalue weighted by Crippen LogP contribution is -3.27. The summed E-state index contributed by atoms with van der Waals surface area (Å²) in [7, 11) is 2.16. The van der Waals surface area contributed by atoms with Crippen LogP contribution in [0.5, 0.6) is 11.5 Å². The van der Waals surface area contributed by atoms with Crippen LogP contribution in [0.4, 0.5) is 8.78 Å². The largest absolute Gasteiger partial charge is 0.454 e. The van der Waals surface area contributed by atoms with Gasteiger partial charge in [-0.2, -0.15) is 0 Å². The molecular formula is C21H25F2N3O3+2. The molecule has 1 saturated heterocycles. The molecule has 8 heteroatoms. The molecule has 1 fully saturated rings. The number of carbonyl (C=O) groups excluding carboxylic acids is 1. The van der Waals surface area contributed by atoms with E-state index in [1.807, 2.05) is 18.2 Å². The zero-order valence-electron chi connectivity index (χ0n) is 16.3. The molecule has 0 aromatic heterocycles. The molecule has 2 aliphatic heterocycles. The van der Waals surface area contributed by atoms with Crippen LogP contribution in [0, 0.1) is 11.6 Å². The quantitative estimate of drug-likeness (QED) is 0.634. The molecule has 3 N–H and O–H groups in total. The number of halogens is 2. The third-order valence-corrected chi connectivity index (χ3v) is 5.69. The Morgan fingerprint density at radius 3 is 2.48 bits per heavy atom. The number of ether oxygens (including phenoxy) is 2. The van der Waals surface area contributed by atoms with Crippen LogP contribution in [-0.4, -0.2) is 52.5 Å². The van der Waals surface area contributed by atoms with E-state index in [1.165, 1.54) is 15.9 Å². The average Bonchev–Trinajstić information content (AvgIpc) is 3.17. The number of carbonyl (C=O) groups is 1. The molecule has 2 aliphatic rings. The number of quaternary nitrogens is 2. The van der Waals surface area contributed by atoms with Gasteiger partial charge in [-0.15, -0.1) is 0 Å². The molecule has 2 aromatic carbocycles. The molecule has 2 aromatic rings. The van der Waals surface area contributed by atoms with Crippen molar-refractivity contribution < 1.29 is 32.8 Å². The Kier molecular flexibility index (Phi) is 5.64. The van der Waals surface area contributed by atoms with Crippen molar-refractivity contribution in [3.8, 4) is 11.5 Å². The number of fused-ring (bicyclic) bond motifs is 1. The summed E-state index contributed by atoms with van der Waals surface area (Å²) in [4.78, 5) is 15.3. The van der Waals surface area contributed by atoms with E-state index in [-0.39, 0.29) is 19.4 Å². The highest BCUT2D eigenvalue weighted by Gasteiger charge is 2.31. The standard InChI is InChI=1S/C21H23F2N3O3/c1-25-7-9-26(10-8-25)17(14-5-6-18-19(11-14)29-13-28-18)12-24-21(27)20-15(22)3-2-4-16(20)23/h2-6,11,17H,7-10,12-13H2,1H3,(H,24,27)/p+2/t17-/m0/s1. The highest BCUT2D eigenvalue weighted by Crippen LogP contribution is 2.33. The van der Waals surface area contributed by atoms with Crippen LogP contribution in [0.25, 0.3) is 0 Å². The summed E-state index contributed by atoms with van der Waals surface area (Å²) in [6.07, 6.45) is 0. The van der Waals surface area contributed by atoms with Gasteiger partial charge in [0.25, 0.3) is 5.91 Å². The van der Waals surface area contributed by atoms with E-state index in [1.54, 1.807) is 0 Å². The molecule has 0 aliphatic carbocycles. The van der Waals surface area contributed by atoms with Crippen LogP contribution in [0.15, 0.2) is 36.4 Å². The van der Waals surface area contributed by atoms with Gasteiger partial charge in [-0.3, -0.25) is 4.79 Å². The van der Waals surface area contributed by atoms with Crippen LogP contribution in [-0.2, 0) is 0 Å². The number of likely N-dealkylation sites (N-methyl/N-ethyl adjacent to an activating group) is 1. The van der Waals surface area contributed by atoms with E-state index in [2.05, 4.69) is 12.4 Å². The molecule has 0 spiro atoms. The normalized spacial score (nSPS) is 21.6. The first-order valence-corrected chi connectivity index (χ1v) is 9.80. The molecule has 1 amide bonds. The van der Waals surface area contributed by atoms with Crippen LogP contribution in [0.1, 0.15) is 22.0 Å². The van der Waals surface area contributed by atoms with E-state index in [0.29, 0.717) is 11.5 Å². The van der Waals surface area contributed by atoms with Gasteiger partial charge in [0.1, 0.15) is 49.4 Å². The van der Waals surface area contributed by atoms with E-state index in [4.69, 9.17) is 9.47 Å². The topological polar surface area (TPSA) is 56.4 Å². The van der Waals surface area contributed by atoms with Crippen molar-refractivity contribution in [2.75, 3.05) is 46.6 Å². The predicted octanol–water partition coefficient (Wildman–Crippen LogP) is -0.422. The molecular weight excluding hydrogens is 380 g/mol. The number of rotatable bonds is 5. The minimum absolute atomic E-state index is 0.0589. The van der Waals surface area contributed by atoms with Crippen LogP contribution < -0.4 is 24.6 Å². The SMILES string of the molecule is C[NH+]1CC[NH+]([C@@H](CNC(=O)c2c(F)cccc2F)c2ccc3c(c2)OCO3)CC1. The van der Waals surface area contributed by atoms with Crippen LogP contribution >= 0.6 is 0 Å². The molecule has 4 rings (SSSR count). The zero-order chi connectivity index (χ0) is 20.4. The molecule has 29 heavy (non-hydrogen) atoms. The molecule has 6 nitrogen and oxygen atoms in total. The van der Waals surface area contributed by atoms with Crippen molar-refractivity contribution in [3.05, 3.63) is 59.2 Å². The third-order valence-electron chi connectivity index (χ3n) is 5.69. The minimum Gasteiger partial charge on any atom is -0.454 e.